The second kappa shape index (κ2) is 15.6. The van der Waals surface area contributed by atoms with E-state index < -0.39 is 10.6 Å². The van der Waals surface area contributed by atoms with Crippen molar-refractivity contribution < 1.29 is 30.7 Å². The molecule has 0 aromatic heterocycles. The fraction of sp³-hybridized carbons (Fsp3) is 0.538. The third-order valence-corrected chi connectivity index (χ3v) is 13.1. The number of rotatable bonds is 13. The van der Waals surface area contributed by atoms with Crippen LogP contribution in [-0.2, 0) is 13.2 Å². The van der Waals surface area contributed by atoms with E-state index >= 15 is 0 Å². The Balaban J connectivity index is 0.00000451. The van der Waals surface area contributed by atoms with Crippen LogP contribution in [0.4, 0.5) is 17.1 Å². The highest BCUT2D eigenvalue weighted by Crippen LogP contribution is 2.61. The van der Waals surface area contributed by atoms with E-state index in [1.165, 1.54) is 54.9 Å². The first kappa shape index (κ1) is 36.8. The lowest BCUT2D eigenvalue weighted by Crippen LogP contribution is -3.00. The average molecular weight is 697 g/mol. The molecule has 7 rings (SSSR count). The van der Waals surface area contributed by atoms with Crippen LogP contribution < -0.4 is 26.9 Å². The maximum atomic E-state index is 11.8. The second-order valence-corrected chi connectivity index (χ2v) is 16.8. The molecular formula is C39H57ClN4O3S. The van der Waals surface area contributed by atoms with Crippen molar-refractivity contribution in [2.24, 2.45) is 5.41 Å². The topological polar surface area (TPSA) is 59.4 Å². The van der Waals surface area contributed by atoms with Gasteiger partial charge in [-0.1, -0.05) is 63.8 Å². The van der Waals surface area contributed by atoms with E-state index in [4.69, 9.17) is 4.74 Å². The van der Waals surface area contributed by atoms with E-state index in [9.17, 15) is 9.11 Å². The van der Waals surface area contributed by atoms with Crippen LogP contribution in [0.1, 0.15) is 63.5 Å². The van der Waals surface area contributed by atoms with Crippen LogP contribution in [0.5, 0.6) is 5.75 Å². The summed E-state index contributed by atoms with van der Waals surface area (Å²) in [6.45, 7) is 14.5. The fourth-order valence-electron chi connectivity index (χ4n) is 7.99. The van der Waals surface area contributed by atoms with Gasteiger partial charge in [0.05, 0.1) is 30.2 Å². The third kappa shape index (κ3) is 8.28. The quantitative estimate of drug-likeness (QED) is 0.227. The first-order valence-corrected chi connectivity index (χ1v) is 19.6. The molecule has 48 heavy (non-hydrogen) atoms. The Labute approximate surface area is 297 Å². The van der Waals surface area contributed by atoms with Crippen LogP contribution in [0.2, 0.25) is 0 Å². The monoisotopic (exact) mass is 696 g/mol. The fourth-order valence-corrected chi connectivity index (χ4v) is 10.2. The molecule has 0 unspecified atom stereocenters. The third-order valence-electron chi connectivity index (χ3n) is 11.0. The minimum Gasteiger partial charge on any atom is -1.00 e. The number of piperazine rings is 3. The smallest absolute Gasteiger partial charge is 0.119 e. The van der Waals surface area contributed by atoms with Crippen molar-refractivity contribution in [3.63, 3.8) is 0 Å². The molecule has 0 saturated carbocycles. The van der Waals surface area contributed by atoms with Crippen molar-refractivity contribution in [2.75, 3.05) is 75.5 Å². The van der Waals surface area contributed by atoms with Crippen molar-refractivity contribution in [1.29, 1.82) is 0 Å². The van der Waals surface area contributed by atoms with Crippen molar-refractivity contribution in [3.8, 4) is 5.75 Å². The van der Waals surface area contributed by atoms with E-state index in [0.29, 0.717) is 17.3 Å². The van der Waals surface area contributed by atoms with Gasteiger partial charge in [0.1, 0.15) is 18.9 Å². The van der Waals surface area contributed by atoms with Gasteiger partial charge >= 0.3 is 0 Å². The summed E-state index contributed by atoms with van der Waals surface area (Å²) >= 11 is 0. The highest BCUT2D eigenvalue weighted by Gasteiger charge is 2.42. The molecule has 4 aliphatic heterocycles. The van der Waals surface area contributed by atoms with Gasteiger partial charge in [0.15, 0.2) is 0 Å². The van der Waals surface area contributed by atoms with Gasteiger partial charge in [-0.2, -0.15) is 10.6 Å². The number of fused-ring (bicyclic) bond motifs is 4. The molecule has 4 aliphatic rings. The zero-order valence-corrected chi connectivity index (χ0v) is 31.1. The van der Waals surface area contributed by atoms with Crippen LogP contribution in [0.25, 0.3) is 0 Å². The Hall–Kier alpha value is -2.46. The largest absolute Gasteiger partial charge is 1.00 e. The van der Waals surface area contributed by atoms with E-state index in [1.54, 1.807) is 0 Å². The molecule has 3 fully saturated rings. The first-order chi connectivity index (χ1) is 22.6. The lowest BCUT2D eigenvalue weighted by Gasteiger charge is -2.50. The highest BCUT2D eigenvalue weighted by molar-refractivity contribution is 8.24. The van der Waals surface area contributed by atoms with Crippen LogP contribution in [0, 0.1) is 5.41 Å². The van der Waals surface area contributed by atoms with E-state index in [-0.39, 0.29) is 17.8 Å². The number of hydrogen-bond donors (Lipinski definition) is 2. The molecule has 0 aliphatic carbocycles. The summed E-state index contributed by atoms with van der Waals surface area (Å²) in [5.74, 6) is 1.26. The van der Waals surface area contributed by atoms with Crippen molar-refractivity contribution in [3.05, 3.63) is 77.9 Å². The van der Waals surface area contributed by atoms with Gasteiger partial charge in [0.25, 0.3) is 0 Å². The minimum absolute atomic E-state index is 0. The Kier molecular flexibility index (Phi) is 12.0. The minimum atomic E-state index is -2.98. The first-order valence-electron chi connectivity index (χ1n) is 17.9. The molecule has 3 aromatic rings. The Morgan fingerprint density at radius 1 is 0.833 bits per heavy atom. The summed E-state index contributed by atoms with van der Waals surface area (Å²) < 4.78 is 31.0. The normalized spacial score (nSPS) is 23.0. The van der Waals surface area contributed by atoms with E-state index in [2.05, 4.69) is 83.1 Å². The van der Waals surface area contributed by atoms with Crippen molar-refractivity contribution >= 4 is 27.7 Å². The number of quaternary nitrogens is 1. The van der Waals surface area contributed by atoms with Crippen LogP contribution in [0.3, 0.4) is 0 Å². The zero-order valence-electron chi connectivity index (χ0n) is 29.5. The second-order valence-electron chi connectivity index (χ2n) is 14.8. The maximum absolute atomic E-state index is 11.8. The lowest BCUT2D eigenvalue weighted by atomic mass is 9.79. The number of ether oxygens (including phenoxy) is 1. The summed E-state index contributed by atoms with van der Waals surface area (Å²) in [5, 5.41) is 0. The molecule has 7 nitrogen and oxygen atoms in total. The SMILES string of the molecule is CCCCC1(CCCC)CN(c2ccc(OCc3ccc(C[N+]45CCN(CC4)CC5)cc3)cc2)c2cc(N(C)C)ccc2S(O)(O)C1.[Cl-]. The Morgan fingerprint density at radius 2 is 1.44 bits per heavy atom. The number of hydrogen-bond acceptors (Lipinski definition) is 6. The van der Waals surface area contributed by atoms with Gasteiger partial charge < -0.3 is 31.4 Å². The number of anilines is 3. The van der Waals surface area contributed by atoms with Crippen LogP contribution >= 0.6 is 10.6 Å². The van der Waals surface area contributed by atoms with Gasteiger partial charge in [-0.25, -0.2) is 0 Å². The zero-order chi connectivity index (χ0) is 33.1. The Morgan fingerprint density at radius 3 is 2.02 bits per heavy atom. The summed E-state index contributed by atoms with van der Waals surface area (Å²) in [4.78, 5) is 7.70. The molecule has 0 amide bonds. The standard InChI is InChI=1S/C39H56N4O3S.ClH/c1-5-7-19-39(20-8-6-2)30-42(37-27-35(40(3)4)15-18-38(37)47(44,45)31-39)34-13-16-36(17-14-34)46-29-33-11-9-32(10-12-33)28-43-24-21-41(22-25-43)23-26-43;/h9-18,27H,5-8,19-26,28-31H2,1-4H3,(H-,44,45);1H. The molecular weight excluding hydrogens is 640 g/mol. The van der Waals surface area contributed by atoms with Crippen LogP contribution in [-0.4, -0.2) is 84.1 Å². The number of benzene rings is 3. The number of nitrogens with zero attached hydrogens (tertiary/aromatic N) is 4. The van der Waals surface area contributed by atoms with E-state index in [1.807, 2.05) is 26.2 Å². The lowest BCUT2D eigenvalue weighted by molar-refractivity contribution is -0.953. The van der Waals surface area contributed by atoms with Gasteiger partial charge in [-0.15, -0.1) is 0 Å². The number of unbranched alkanes of at least 4 members (excludes halogenated alkanes) is 2. The van der Waals surface area contributed by atoms with Gasteiger partial charge in [-0.3, -0.25) is 14.0 Å². The molecule has 4 heterocycles. The molecule has 3 saturated heterocycles. The summed E-state index contributed by atoms with van der Waals surface area (Å²) in [7, 11) is 1.09. The molecule has 9 heteroatoms. The van der Waals surface area contributed by atoms with E-state index in [0.717, 1.165) is 74.4 Å². The van der Waals surface area contributed by atoms with Gasteiger partial charge in [-0.05, 0) is 60.9 Å². The number of halogens is 1. The molecule has 3 aromatic carbocycles. The molecule has 0 spiro atoms. The predicted octanol–water partition coefficient (Wildman–Crippen LogP) is 5.61. The maximum Gasteiger partial charge on any atom is 0.119 e. The summed E-state index contributed by atoms with van der Waals surface area (Å²) in [6, 6.07) is 23.5. The predicted molar refractivity (Wildman–Crippen MR) is 197 cm³/mol. The Bertz CT molecular complexity index is 1450. The van der Waals surface area contributed by atoms with Crippen LogP contribution in [0.15, 0.2) is 71.6 Å². The van der Waals surface area contributed by atoms with Gasteiger partial charge in [0, 0.05) is 68.4 Å². The molecule has 0 atom stereocenters. The molecule has 2 bridgehead atoms. The molecule has 2 N–H and O–H groups in total. The van der Waals surface area contributed by atoms with Crippen molar-refractivity contribution in [2.45, 2.75) is 70.4 Å². The molecule has 264 valence electrons. The summed E-state index contributed by atoms with van der Waals surface area (Å²) in [6.07, 6.45) is 6.33. The van der Waals surface area contributed by atoms with Crippen molar-refractivity contribution in [1.82, 2.24) is 4.90 Å². The molecule has 0 radical (unpaired) electrons. The summed E-state index contributed by atoms with van der Waals surface area (Å²) in [5.41, 5.74) is 5.43. The average Bonchev–Trinajstić information content (AvgIpc) is 3.18. The highest BCUT2D eigenvalue weighted by atomic mass is 35.5. The van der Waals surface area contributed by atoms with Gasteiger partial charge in [0.2, 0.25) is 0 Å².